The lowest BCUT2D eigenvalue weighted by Crippen LogP contribution is -2.11. The van der Waals surface area contributed by atoms with Gasteiger partial charge in [0, 0.05) is 39.4 Å². The molecule has 0 fully saturated rings. The maximum atomic E-state index is 2.41. The van der Waals surface area contributed by atoms with Gasteiger partial charge < -0.3 is 9.47 Å². The quantitative estimate of drug-likeness (QED) is 0.171. The number of para-hydroxylation sites is 3. The van der Waals surface area contributed by atoms with E-state index in [0.717, 1.165) is 36.3 Å². The first kappa shape index (κ1) is 30.4. The molecule has 248 valence electrons. The molecule has 0 saturated heterocycles. The number of anilines is 3. The SMILES string of the molecule is C1=Cc2c(cccc2-c2ccc(N(c3ccccc3)c3ccc(C4CC=Cc5c4ccc4c5c5ccccc5n4-c4ccccc4)cc3)cc2)CC1. The van der Waals surface area contributed by atoms with Crippen LogP contribution in [0.1, 0.15) is 46.6 Å². The topological polar surface area (TPSA) is 8.17 Å². The van der Waals surface area contributed by atoms with Gasteiger partial charge in [0.05, 0.1) is 11.0 Å². The van der Waals surface area contributed by atoms with Crippen LogP contribution in [0.25, 0.3) is 50.8 Å². The molecule has 10 rings (SSSR count). The van der Waals surface area contributed by atoms with E-state index < -0.39 is 0 Å². The van der Waals surface area contributed by atoms with E-state index >= 15 is 0 Å². The van der Waals surface area contributed by atoms with E-state index in [1.165, 1.54) is 66.4 Å². The fourth-order valence-electron chi connectivity index (χ4n) is 8.60. The molecule has 0 bridgehead atoms. The summed E-state index contributed by atoms with van der Waals surface area (Å²) in [6.07, 6.45) is 12.5. The first-order valence-electron chi connectivity index (χ1n) is 18.4. The molecule has 1 heterocycles. The lowest BCUT2D eigenvalue weighted by atomic mass is 9.81. The Morgan fingerprint density at radius 2 is 1.21 bits per heavy atom. The molecule has 0 saturated carbocycles. The van der Waals surface area contributed by atoms with Crippen LogP contribution in [0, 0.1) is 0 Å². The summed E-state index contributed by atoms with van der Waals surface area (Å²) >= 11 is 0. The Bertz CT molecular complexity index is 2630. The van der Waals surface area contributed by atoms with Crippen molar-refractivity contribution >= 4 is 51.0 Å². The van der Waals surface area contributed by atoms with Crippen LogP contribution >= 0.6 is 0 Å². The minimum absolute atomic E-state index is 0.285. The molecule has 7 aromatic carbocycles. The van der Waals surface area contributed by atoms with Crippen molar-refractivity contribution in [1.82, 2.24) is 4.57 Å². The summed E-state index contributed by atoms with van der Waals surface area (Å²) in [6, 6.07) is 60.1. The van der Waals surface area contributed by atoms with E-state index in [4.69, 9.17) is 0 Å². The van der Waals surface area contributed by atoms with E-state index in [1.54, 1.807) is 0 Å². The Morgan fingerprint density at radius 3 is 2.02 bits per heavy atom. The summed E-state index contributed by atoms with van der Waals surface area (Å²) < 4.78 is 2.41. The molecule has 0 amide bonds. The van der Waals surface area contributed by atoms with Gasteiger partial charge in [-0.15, -0.1) is 0 Å². The van der Waals surface area contributed by atoms with Gasteiger partial charge in [0.25, 0.3) is 0 Å². The van der Waals surface area contributed by atoms with Crippen LogP contribution < -0.4 is 4.90 Å². The number of hydrogen-bond donors (Lipinski definition) is 0. The maximum absolute atomic E-state index is 2.41. The second kappa shape index (κ2) is 12.7. The molecule has 2 nitrogen and oxygen atoms in total. The van der Waals surface area contributed by atoms with E-state index in [9.17, 15) is 0 Å². The summed E-state index contributed by atoms with van der Waals surface area (Å²) in [5.41, 5.74) is 16.5. The lowest BCUT2D eigenvalue weighted by Gasteiger charge is -2.27. The summed E-state index contributed by atoms with van der Waals surface area (Å²) in [6.45, 7) is 0. The third-order valence-corrected chi connectivity index (χ3v) is 11.0. The number of hydrogen-bond acceptors (Lipinski definition) is 1. The number of aryl methyl sites for hydroxylation is 1. The Hall–Kier alpha value is -6.38. The average molecular weight is 667 g/mol. The predicted octanol–water partition coefficient (Wildman–Crippen LogP) is 13.4. The van der Waals surface area contributed by atoms with Crippen molar-refractivity contribution in [1.29, 1.82) is 0 Å². The molecule has 1 aromatic heterocycles. The van der Waals surface area contributed by atoms with Crippen LogP contribution in [0.2, 0.25) is 0 Å². The van der Waals surface area contributed by atoms with Crippen LogP contribution in [-0.4, -0.2) is 4.57 Å². The third-order valence-electron chi connectivity index (χ3n) is 11.0. The number of rotatable bonds is 6. The van der Waals surface area contributed by atoms with Gasteiger partial charge in [0.2, 0.25) is 0 Å². The molecule has 2 aliphatic rings. The number of benzene rings is 7. The molecule has 52 heavy (non-hydrogen) atoms. The molecule has 0 N–H and O–H groups in total. The Kier molecular flexibility index (Phi) is 7.46. The van der Waals surface area contributed by atoms with Gasteiger partial charge in [-0.05, 0) is 119 Å². The van der Waals surface area contributed by atoms with Crippen molar-refractivity contribution in [2.24, 2.45) is 0 Å². The Morgan fingerprint density at radius 1 is 0.519 bits per heavy atom. The smallest absolute Gasteiger partial charge is 0.0547 e. The molecule has 8 aromatic rings. The van der Waals surface area contributed by atoms with Gasteiger partial charge in [-0.25, -0.2) is 0 Å². The minimum atomic E-state index is 0.285. The van der Waals surface area contributed by atoms with Gasteiger partial charge in [0.15, 0.2) is 0 Å². The molecule has 2 aliphatic carbocycles. The van der Waals surface area contributed by atoms with Gasteiger partial charge in [-0.1, -0.05) is 127 Å². The number of aromatic nitrogens is 1. The van der Waals surface area contributed by atoms with E-state index in [1.807, 2.05) is 0 Å². The second-order valence-corrected chi connectivity index (χ2v) is 14.0. The fourth-order valence-corrected chi connectivity index (χ4v) is 8.60. The summed E-state index contributed by atoms with van der Waals surface area (Å²) in [7, 11) is 0. The van der Waals surface area contributed by atoms with E-state index in [2.05, 4.69) is 198 Å². The molecule has 2 heteroatoms. The molecule has 1 unspecified atom stereocenters. The molecular formula is C50H38N2. The van der Waals surface area contributed by atoms with E-state index in [0.29, 0.717) is 0 Å². The molecule has 1 atom stereocenters. The number of nitrogens with zero attached hydrogens (tertiary/aromatic N) is 2. The van der Waals surface area contributed by atoms with Crippen LogP contribution in [0.5, 0.6) is 0 Å². The highest BCUT2D eigenvalue weighted by Gasteiger charge is 2.24. The van der Waals surface area contributed by atoms with Crippen LogP contribution in [0.4, 0.5) is 17.1 Å². The van der Waals surface area contributed by atoms with E-state index in [-0.39, 0.29) is 5.92 Å². The van der Waals surface area contributed by atoms with Crippen molar-refractivity contribution < 1.29 is 0 Å². The van der Waals surface area contributed by atoms with Crippen molar-refractivity contribution in [2.75, 3.05) is 4.90 Å². The van der Waals surface area contributed by atoms with Crippen molar-refractivity contribution in [3.05, 3.63) is 204 Å². The monoisotopic (exact) mass is 666 g/mol. The Balaban J connectivity index is 1.02. The molecule has 0 aliphatic heterocycles. The van der Waals surface area contributed by atoms with Crippen molar-refractivity contribution in [3.63, 3.8) is 0 Å². The van der Waals surface area contributed by atoms with Crippen LogP contribution in [0.15, 0.2) is 176 Å². The summed E-state index contributed by atoms with van der Waals surface area (Å²) in [5.74, 6) is 0.285. The second-order valence-electron chi connectivity index (χ2n) is 14.0. The maximum Gasteiger partial charge on any atom is 0.0547 e. The first-order chi connectivity index (χ1) is 25.8. The van der Waals surface area contributed by atoms with Gasteiger partial charge in [-0.2, -0.15) is 0 Å². The number of allylic oxidation sites excluding steroid dienone is 2. The first-order valence-corrected chi connectivity index (χ1v) is 18.4. The van der Waals surface area contributed by atoms with Gasteiger partial charge in [-0.3, -0.25) is 0 Å². The third kappa shape index (κ3) is 5.10. The van der Waals surface area contributed by atoms with Crippen molar-refractivity contribution in [2.45, 2.75) is 25.2 Å². The van der Waals surface area contributed by atoms with Crippen LogP contribution in [-0.2, 0) is 6.42 Å². The molecular weight excluding hydrogens is 629 g/mol. The molecule has 0 spiro atoms. The highest BCUT2D eigenvalue weighted by Crippen LogP contribution is 2.44. The zero-order valence-corrected chi connectivity index (χ0v) is 29.0. The highest BCUT2D eigenvalue weighted by molar-refractivity contribution is 6.13. The Labute approximate surface area is 305 Å². The predicted molar refractivity (Wildman–Crippen MR) is 220 cm³/mol. The van der Waals surface area contributed by atoms with Crippen LogP contribution in [0.3, 0.4) is 0 Å². The highest BCUT2D eigenvalue weighted by atomic mass is 15.1. The normalized spacial score (nSPS) is 14.7. The standard InChI is InChI=1S/C50H38N2/c1-3-15-38(16-4-1)51(40-29-25-36(26-30-40)43-21-11-14-35-13-7-8-19-42(35)43)41-31-27-37(28-32-41)44-22-12-23-46-45(44)33-34-49-50(46)47-20-9-10-24-48(47)52(49)39-17-5-2-6-18-39/h1-6,8-12,14-21,23-34,44H,7,13,22H2. The zero-order valence-electron chi connectivity index (χ0n) is 29.0. The van der Waals surface area contributed by atoms with Gasteiger partial charge in [0.1, 0.15) is 0 Å². The average Bonchev–Trinajstić information content (AvgIpc) is 3.57. The molecule has 0 radical (unpaired) electrons. The lowest BCUT2D eigenvalue weighted by molar-refractivity contribution is 0.821. The fraction of sp³-hybridized carbons (Fsp3) is 0.0800. The number of fused-ring (bicyclic) bond motifs is 6. The van der Waals surface area contributed by atoms with Gasteiger partial charge >= 0.3 is 0 Å². The summed E-state index contributed by atoms with van der Waals surface area (Å²) in [4.78, 5) is 2.37. The largest absolute Gasteiger partial charge is 0.311 e. The van der Waals surface area contributed by atoms with Crippen molar-refractivity contribution in [3.8, 4) is 16.8 Å². The minimum Gasteiger partial charge on any atom is -0.311 e. The zero-order chi connectivity index (χ0) is 34.4. The summed E-state index contributed by atoms with van der Waals surface area (Å²) in [5, 5.41) is 2.63.